The summed E-state index contributed by atoms with van der Waals surface area (Å²) in [5, 5.41) is 3.98. The van der Waals surface area contributed by atoms with E-state index < -0.39 is 23.2 Å². The Hall–Kier alpha value is -5.03. The van der Waals surface area contributed by atoms with E-state index in [1.54, 1.807) is 65.2 Å². The summed E-state index contributed by atoms with van der Waals surface area (Å²) < 4.78 is 47.2. The van der Waals surface area contributed by atoms with Crippen molar-refractivity contribution in [3.05, 3.63) is 127 Å². The summed E-state index contributed by atoms with van der Waals surface area (Å²) in [5.74, 6) is 0.955. The highest BCUT2D eigenvalue weighted by Crippen LogP contribution is 2.34. The first-order valence-corrected chi connectivity index (χ1v) is 24.7. The van der Waals surface area contributed by atoms with E-state index in [1.165, 1.54) is 58.0 Å². The fourth-order valence-corrected chi connectivity index (χ4v) is 7.61. The van der Waals surface area contributed by atoms with Gasteiger partial charge in [-0.2, -0.15) is 13.2 Å². The van der Waals surface area contributed by atoms with Crippen LogP contribution in [-0.4, -0.2) is 56.9 Å². The van der Waals surface area contributed by atoms with E-state index in [-0.39, 0.29) is 65.1 Å². The second kappa shape index (κ2) is 34.5. The third kappa shape index (κ3) is 25.0. The molecule has 0 saturated heterocycles. The average Bonchev–Trinajstić information content (AvgIpc) is 3.25. The molecule has 1 amide bonds. The topological polar surface area (TPSA) is 173 Å². The van der Waals surface area contributed by atoms with Gasteiger partial charge in [0.05, 0.1) is 43.9 Å². The van der Waals surface area contributed by atoms with Crippen molar-refractivity contribution in [3.63, 3.8) is 0 Å². The molecule has 0 saturated carbocycles. The van der Waals surface area contributed by atoms with Crippen molar-refractivity contribution >= 4 is 75.4 Å². The third-order valence-corrected chi connectivity index (χ3v) is 11.3. The van der Waals surface area contributed by atoms with Crippen molar-refractivity contribution in [1.29, 1.82) is 0 Å². The lowest BCUT2D eigenvalue weighted by Gasteiger charge is -2.17. The van der Waals surface area contributed by atoms with E-state index in [4.69, 9.17) is 51.1 Å². The van der Waals surface area contributed by atoms with E-state index in [0.29, 0.717) is 74.3 Å². The van der Waals surface area contributed by atoms with Crippen molar-refractivity contribution in [2.45, 2.75) is 141 Å². The first kappa shape index (κ1) is 73.2. The number of carbonyl (C=O) groups is 5. The van der Waals surface area contributed by atoms with Gasteiger partial charge < -0.3 is 28.8 Å². The molecule has 0 radical (unpaired) electrons. The van der Waals surface area contributed by atoms with Crippen molar-refractivity contribution in [3.8, 4) is 5.75 Å². The number of Topliss-reactive ketones (excluding diaryl/α,β-unsaturated/α-hetero) is 4. The van der Waals surface area contributed by atoms with Gasteiger partial charge in [0.15, 0.2) is 11.6 Å². The number of hydrogen-bond donors (Lipinski definition) is 1. The summed E-state index contributed by atoms with van der Waals surface area (Å²) in [7, 11) is 7.75. The van der Waals surface area contributed by atoms with Crippen LogP contribution in [0, 0.1) is 25.7 Å². The molecule has 2 aromatic heterocycles. The highest BCUT2D eigenvalue weighted by atomic mass is 35.5. The van der Waals surface area contributed by atoms with Crippen LogP contribution in [0.5, 0.6) is 5.75 Å². The van der Waals surface area contributed by atoms with Crippen LogP contribution in [0.1, 0.15) is 170 Å². The van der Waals surface area contributed by atoms with Crippen LogP contribution in [0.4, 0.5) is 13.2 Å². The van der Waals surface area contributed by atoms with Gasteiger partial charge in [0.25, 0.3) is 11.1 Å². The van der Waals surface area contributed by atoms with Crippen LogP contribution in [0.2, 0.25) is 20.1 Å². The number of ketones is 4. The predicted molar refractivity (Wildman–Crippen MR) is 295 cm³/mol. The molecule has 20 heteroatoms. The van der Waals surface area contributed by atoms with E-state index in [2.05, 4.69) is 5.32 Å². The molecule has 0 spiro atoms. The van der Waals surface area contributed by atoms with Crippen molar-refractivity contribution in [2.75, 3.05) is 14.2 Å². The Kier molecular flexibility index (Phi) is 34.2. The van der Waals surface area contributed by atoms with Crippen LogP contribution in [-0.2, 0) is 41.7 Å². The number of nitrogens with zero attached hydrogens (tertiary/aromatic N) is 3. The molecule has 0 aliphatic heterocycles. The van der Waals surface area contributed by atoms with E-state index >= 15 is 0 Å². The molecule has 13 nitrogen and oxygen atoms in total. The smallest absolute Gasteiger partial charge is 0.416 e. The average molecular weight is 1130 g/mol. The molecule has 0 unspecified atom stereocenters. The van der Waals surface area contributed by atoms with Gasteiger partial charge in [-0.05, 0) is 88.6 Å². The molecule has 2 heterocycles. The summed E-state index contributed by atoms with van der Waals surface area (Å²) in [4.78, 5) is 88.8. The molecule has 416 valence electrons. The molecular weight excluding hydrogens is 1050 g/mol. The monoisotopic (exact) mass is 1120 g/mol. The number of aromatic nitrogens is 3. The molecule has 0 aliphatic rings. The molecule has 0 atom stereocenters. The largest absolute Gasteiger partial charge is 0.497 e. The maximum atomic E-state index is 12.8. The van der Waals surface area contributed by atoms with Crippen LogP contribution in [0.15, 0.2) is 50.8 Å². The fourth-order valence-electron chi connectivity index (χ4n) is 6.33. The normalized spacial score (nSPS) is 10.4. The zero-order valence-electron chi connectivity index (χ0n) is 45.3. The molecule has 0 aliphatic carbocycles. The molecule has 0 fully saturated rings. The van der Waals surface area contributed by atoms with E-state index in [0.717, 1.165) is 21.9 Å². The summed E-state index contributed by atoms with van der Waals surface area (Å²) >= 11 is 23.8. The van der Waals surface area contributed by atoms with Gasteiger partial charge in [0.2, 0.25) is 5.91 Å². The molecule has 0 bridgehead atoms. The van der Waals surface area contributed by atoms with Crippen molar-refractivity contribution in [1.82, 2.24) is 19.0 Å². The summed E-state index contributed by atoms with van der Waals surface area (Å²) in [5.41, 5.74) is 0.621. The van der Waals surface area contributed by atoms with Gasteiger partial charge >= 0.3 is 11.9 Å². The van der Waals surface area contributed by atoms with Crippen LogP contribution >= 0.6 is 46.4 Å². The zero-order valence-corrected chi connectivity index (χ0v) is 48.3. The van der Waals surface area contributed by atoms with Gasteiger partial charge in [-0.3, -0.25) is 28.5 Å². The molecule has 4 rings (SSSR count). The number of methoxy groups -OCH3 is 1. The van der Waals surface area contributed by atoms with Crippen LogP contribution < -0.4 is 26.9 Å². The highest BCUT2D eigenvalue weighted by molar-refractivity contribution is 6.40. The van der Waals surface area contributed by atoms with E-state index in [9.17, 15) is 51.5 Å². The number of ether oxygens (including phenoxy) is 1. The number of rotatable bonds is 12. The molecule has 4 aromatic rings. The van der Waals surface area contributed by atoms with Crippen molar-refractivity contribution in [2.24, 2.45) is 33.0 Å². The SMILES string of the molecule is C.CC(C)=O.CC(C)CC(=O)c1c(Cl)cccc1Cl.CNC(=O)CCC(C)=O.COc1cc(Cl)c(C(=O)CC(C)C)c(Cl)c1.Cc1c(C(C)C)c(=O)n(C)c(=O)n1C.Cc1cc(C(F)(F)F)c(C(C)C)c(=O)n1C. The van der Waals surface area contributed by atoms with Crippen LogP contribution in [0.25, 0.3) is 0 Å². The summed E-state index contributed by atoms with van der Waals surface area (Å²) in [6.07, 6.45) is -2.90. The molecular formula is C54H77Cl4F3N4O9. The standard InChI is InChI=1S/C12H14Cl2O2.C11H12Cl2O.C11H14F3NO.C10H16N2O2.C6H11NO2.C3H6O.CH4/c1-7(2)4-11(15)12-9(13)5-8(16-3)6-10(12)14;1-7(2)6-10(14)11-8(12)4-3-5-9(11)13;1-6(2)9-8(11(12,13)14)5-7(3)15(4)10(9)16;1-6(2)8-7(3)11(4)10(14)12(5)9(8)13;1-5(8)3-4-6(9)7-2;1-3(2)4;/h5-7H,4H2,1-3H3;3-5,7H,6H2,1-2H3;5-6H,1-4H3;6H,1-5H3;3-4H2,1-2H3,(H,7,9);1-2H3;1H4. The lowest BCUT2D eigenvalue weighted by atomic mass is 9.98. The minimum Gasteiger partial charge on any atom is -0.497 e. The number of nitrogens with one attached hydrogen (secondary N) is 1. The maximum Gasteiger partial charge on any atom is 0.416 e. The summed E-state index contributed by atoms with van der Waals surface area (Å²) in [6.45, 7) is 22.8. The number of amides is 1. The minimum atomic E-state index is -4.47. The Morgan fingerprint density at radius 1 is 0.649 bits per heavy atom. The van der Waals surface area contributed by atoms with Crippen LogP contribution in [0.3, 0.4) is 0 Å². The number of halogens is 7. The summed E-state index contributed by atoms with van der Waals surface area (Å²) in [6, 6.07) is 9.32. The Balaban J connectivity index is -0.000000841. The zero-order chi connectivity index (χ0) is 57.6. The van der Waals surface area contributed by atoms with Gasteiger partial charge in [0, 0.05) is 76.4 Å². The Labute approximate surface area is 455 Å². The second-order valence-corrected chi connectivity index (χ2v) is 20.0. The third-order valence-electron chi connectivity index (χ3n) is 10.1. The van der Waals surface area contributed by atoms with Crippen molar-refractivity contribution < 1.29 is 41.9 Å². The lowest BCUT2D eigenvalue weighted by molar-refractivity contribution is -0.138. The van der Waals surface area contributed by atoms with Gasteiger partial charge in [-0.1, -0.05) is 115 Å². The number of alkyl halides is 3. The van der Waals surface area contributed by atoms with E-state index in [1.807, 2.05) is 41.5 Å². The first-order valence-electron chi connectivity index (χ1n) is 23.2. The van der Waals surface area contributed by atoms with Gasteiger partial charge in [-0.15, -0.1) is 0 Å². The number of benzene rings is 2. The number of hydrogen-bond acceptors (Lipinski definition) is 9. The van der Waals surface area contributed by atoms with Gasteiger partial charge in [0.1, 0.15) is 17.3 Å². The quantitative estimate of drug-likeness (QED) is 0.135. The molecule has 1 N–H and O–H groups in total. The number of carbonyl (C=O) groups excluding carboxylic acids is 5. The predicted octanol–water partition coefficient (Wildman–Crippen LogP) is 13.1. The Bertz CT molecular complexity index is 2660. The Morgan fingerprint density at radius 2 is 1.04 bits per heavy atom. The maximum absolute atomic E-state index is 12.8. The number of pyridine rings is 1. The highest BCUT2D eigenvalue weighted by Gasteiger charge is 2.36. The lowest BCUT2D eigenvalue weighted by Crippen LogP contribution is -2.40. The minimum absolute atomic E-state index is 0. The fraction of sp³-hybridized carbons (Fsp3) is 0.519. The molecule has 2 aromatic carbocycles. The van der Waals surface area contributed by atoms with Gasteiger partial charge in [-0.25, -0.2) is 4.79 Å². The molecule has 74 heavy (non-hydrogen) atoms. The second-order valence-electron chi connectivity index (χ2n) is 18.4. The Morgan fingerprint density at radius 3 is 1.38 bits per heavy atom. The first-order chi connectivity index (χ1) is 33.4. The number of aryl methyl sites for hydroxylation is 1.